The summed E-state index contributed by atoms with van der Waals surface area (Å²) >= 11 is 3.35. The lowest BCUT2D eigenvalue weighted by molar-refractivity contribution is 0.0945. The van der Waals surface area contributed by atoms with E-state index in [1.54, 1.807) is 36.4 Å². The molecule has 5 heteroatoms. The maximum absolute atomic E-state index is 12.2. The van der Waals surface area contributed by atoms with E-state index in [0.29, 0.717) is 11.3 Å². The molecule has 0 fully saturated rings. The summed E-state index contributed by atoms with van der Waals surface area (Å²) in [7, 11) is 1.54. The van der Waals surface area contributed by atoms with Gasteiger partial charge in [-0.3, -0.25) is 4.79 Å². The maximum Gasteiger partial charge on any atom is 0.252 e. The van der Waals surface area contributed by atoms with Gasteiger partial charge in [0, 0.05) is 10.0 Å². The summed E-state index contributed by atoms with van der Waals surface area (Å²) in [5.41, 5.74) is 1.17. The summed E-state index contributed by atoms with van der Waals surface area (Å²) in [5.74, 6) is 0.277. The first-order chi connectivity index (χ1) is 10.1. The molecule has 2 aromatic rings. The highest BCUT2D eigenvalue weighted by Crippen LogP contribution is 2.19. The van der Waals surface area contributed by atoms with Gasteiger partial charge in [0.2, 0.25) is 0 Å². The van der Waals surface area contributed by atoms with Crippen LogP contribution in [-0.2, 0) is 0 Å². The number of nitrogens with one attached hydrogen (secondary N) is 1. The van der Waals surface area contributed by atoms with Crippen molar-refractivity contribution in [3.63, 3.8) is 0 Å². The number of ether oxygens (including phenoxy) is 1. The normalized spacial score (nSPS) is 11.3. The average molecular weight is 345 g/mol. The van der Waals surface area contributed by atoms with Gasteiger partial charge < -0.3 is 10.1 Å². The molecule has 0 aromatic heterocycles. The molecule has 0 saturated heterocycles. The van der Waals surface area contributed by atoms with Crippen molar-refractivity contribution in [2.45, 2.75) is 6.04 Å². The smallest absolute Gasteiger partial charge is 0.252 e. The van der Waals surface area contributed by atoms with E-state index >= 15 is 0 Å². The Balaban J connectivity index is 2.18. The number of rotatable bonds is 4. The van der Waals surface area contributed by atoms with Gasteiger partial charge in [0.25, 0.3) is 5.91 Å². The van der Waals surface area contributed by atoms with Crippen molar-refractivity contribution in [2.24, 2.45) is 0 Å². The molecular weight excluding hydrogens is 332 g/mol. The Kier molecular flexibility index (Phi) is 4.96. The molecule has 1 amide bonds. The summed E-state index contributed by atoms with van der Waals surface area (Å²) < 4.78 is 5.94. The first-order valence-corrected chi connectivity index (χ1v) is 7.03. The topological polar surface area (TPSA) is 62.1 Å². The van der Waals surface area contributed by atoms with E-state index in [1.165, 1.54) is 7.11 Å². The zero-order valence-corrected chi connectivity index (χ0v) is 12.9. The second kappa shape index (κ2) is 6.91. The Morgan fingerprint density at radius 1 is 1.29 bits per heavy atom. The van der Waals surface area contributed by atoms with Crippen molar-refractivity contribution >= 4 is 21.8 Å². The molecule has 21 heavy (non-hydrogen) atoms. The Morgan fingerprint density at radius 3 is 2.71 bits per heavy atom. The van der Waals surface area contributed by atoms with E-state index in [-0.39, 0.29) is 5.91 Å². The first-order valence-electron chi connectivity index (χ1n) is 6.24. The van der Waals surface area contributed by atoms with Gasteiger partial charge in [-0.05, 0) is 35.9 Å². The lowest BCUT2D eigenvalue weighted by atomic mass is 10.1. The van der Waals surface area contributed by atoms with Gasteiger partial charge in [-0.15, -0.1) is 0 Å². The molecule has 0 bridgehead atoms. The van der Waals surface area contributed by atoms with Gasteiger partial charge in [0.1, 0.15) is 11.8 Å². The van der Waals surface area contributed by atoms with Crippen LogP contribution in [0.25, 0.3) is 0 Å². The van der Waals surface area contributed by atoms with E-state index in [1.807, 2.05) is 12.1 Å². The van der Waals surface area contributed by atoms with Gasteiger partial charge in [0.05, 0.1) is 13.2 Å². The van der Waals surface area contributed by atoms with Crippen molar-refractivity contribution in [1.82, 2.24) is 5.32 Å². The van der Waals surface area contributed by atoms with E-state index in [4.69, 9.17) is 4.74 Å². The fraction of sp³-hybridized carbons (Fsp3) is 0.125. The molecule has 0 unspecified atom stereocenters. The largest absolute Gasteiger partial charge is 0.497 e. The number of carbonyl (C=O) groups excluding carboxylic acids is 1. The summed E-state index contributed by atoms with van der Waals surface area (Å²) in [6, 6.07) is 15.5. The van der Waals surface area contributed by atoms with Crippen LogP contribution < -0.4 is 10.1 Å². The van der Waals surface area contributed by atoms with Gasteiger partial charge in [-0.2, -0.15) is 5.26 Å². The van der Waals surface area contributed by atoms with Crippen LogP contribution in [0.3, 0.4) is 0 Å². The van der Waals surface area contributed by atoms with Gasteiger partial charge in [-0.25, -0.2) is 0 Å². The molecule has 0 aliphatic heterocycles. The number of amides is 1. The number of carbonyl (C=O) groups is 1. The predicted molar refractivity (Wildman–Crippen MR) is 83.0 cm³/mol. The number of nitrogens with zero attached hydrogens (tertiary/aromatic N) is 1. The minimum atomic E-state index is -0.707. The Morgan fingerprint density at radius 2 is 2.05 bits per heavy atom. The van der Waals surface area contributed by atoms with Crippen molar-refractivity contribution in [3.8, 4) is 11.8 Å². The predicted octanol–water partition coefficient (Wildman–Crippen LogP) is 3.45. The van der Waals surface area contributed by atoms with Crippen molar-refractivity contribution in [3.05, 3.63) is 64.1 Å². The number of nitriles is 1. The molecular formula is C16H13BrN2O2. The van der Waals surface area contributed by atoms with Crippen LogP contribution in [0, 0.1) is 11.3 Å². The number of halogens is 1. The second-order valence-corrected chi connectivity index (χ2v) is 5.24. The molecule has 0 aliphatic carbocycles. The summed E-state index contributed by atoms with van der Waals surface area (Å²) in [6.45, 7) is 0. The fourth-order valence-corrected chi connectivity index (χ4v) is 2.27. The second-order valence-electron chi connectivity index (χ2n) is 4.32. The van der Waals surface area contributed by atoms with Crippen molar-refractivity contribution < 1.29 is 9.53 Å². The molecule has 0 heterocycles. The molecule has 1 atom stereocenters. The van der Waals surface area contributed by atoms with E-state index in [9.17, 15) is 10.1 Å². The molecule has 2 rings (SSSR count). The van der Waals surface area contributed by atoms with Gasteiger partial charge >= 0.3 is 0 Å². The van der Waals surface area contributed by atoms with Crippen LogP contribution in [0.4, 0.5) is 0 Å². The van der Waals surface area contributed by atoms with Crippen LogP contribution in [0.2, 0.25) is 0 Å². The van der Waals surface area contributed by atoms with Crippen LogP contribution in [0.1, 0.15) is 22.0 Å². The molecule has 1 N–H and O–H groups in total. The third-order valence-electron chi connectivity index (χ3n) is 2.92. The molecule has 106 valence electrons. The molecule has 4 nitrogen and oxygen atoms in total. The van der Waals surface area contributed by atoms with E-state index in [0.717, 1.165) is 10.0 Å². The van der Waals surface area contributed by atoms with Crippen molar-refractivity contribution in [1.29, 1.82) is 5.26 Å². The SMILES string of the molecule is COc1cccc(C(=O)N[C@@H](C#N)c2cccc(Br)c2)c1. The molecule has 2 aromatic carbocycles. The van der Waals surface area contributed by atoms with Gasteiger partial charge in [0.15, 0.2) is 0 Å². The van der Waals surface area contributed by atoms with Crippen molar-refractivity contribution in [2.75, 3.05) is 7.11 Å². The summed E-state index contributed by atoms with van der Waals surface area (Å²) in [5, 5.41) is 12.0. The monoisotopic (exact) mass is 344 g/mol. The number of hydrogen-bond acceptors (Lipinski definition) is 3. The zero-order valence-electron chi connectivity index (χ0n) is 11.3. The fourth-order valence-electron chi connectivity index (χ4n) is 1.86. The highest BCUT2D eigenvalue weighted by Gasteiger charge is 2.15. The number of benzene rings is 2. The number of methoxy groups -OCH3 is 1. The lowest BCUT2D eigenvalue weighted by Crippen LogP contribution is -2.27. The molecule has 0 aliphatic rings. The Labute approximate surface area is 131 Å². The first kappa shape index (κ1) is 15.1. The van der Waals surface area contributed by atoms with E-state index < -0.39 is 6.04 Å². The highest BCUT2D eigenvalue weighted by molar-refractivity contribution is 9.10. The molecule has 0 spiro atoms. The van der Waals surface area contributed by atoms with Crippen LogP contribution in [0.15, 0.2) is 53.0 Å². The summed E-state index contributed by atoms with van der Waals surface area (Å²) in [6.07, 6.45) is 0. The standard InChI is InChI=1S/C16H13BrN2O2/c1-21-14-7-3-5-12(9-14)16(20)19-15(10-18)11-4-2-6-13(17)8-11/h2-9,15H,1H3,(H,19,20)/t15-/m0/s1. The third kappa shape index (κ3) is 3.83. The lowest BCUT2D eigenvalue weighted by Gasteiger charge is -2.12. The average Bonchev–Trinajstić information content (AvgIpc) is 2.52. The molecule has 0 saturated carbocycles. The minimum absolute atomic E-state index is 0.319. The number of hydrogen-bond donors (Lipinski definition) is 1. The Bertz CT molecular complexity index is 695. The zero-order chi connectivity index (χ0) is 15.2. The van der Waals surface area contributed by atoms with Crippen LogP contribution >= 0.6 is 15.9 Å². The maximum atomic E-state index is 12.2. The van der Waals surface area contributed by atoms with Crippen LogP contribution in [0.5, 0.6) is 5.75 Å². The quantitative estimate of drug-likeness (QED) is 0.923. The molecule has 0 radical (unpaired) electrons. The third-order valence-corrected chi connectivity index (χ3v) is 3.41. The van der Waals surface area contributed by atoms with E-state index in [2.05, 4.69) is 27.3 Å². The van der Waals surface area contributed by atoms with Gasteiger partial charge in [-0.1, -0.05) is 34.1 Å². The Hall–Kier alpha value is -2.32. The summed E-state index contributed by atoms with van der Waals surface area (Å²) in [4.78, 5) is 12.2. The van der Waals surface area contributed by atoms with Crippen LogP contribution in [-0.4, -0.2) is 13.0 Å². The highest BCUT2D eigenvalue weighted by atomic mass is 79.9. The minimum Gasteiger partial charge on any atom is -0.497 e.